The van der Waals surface area contributed by atoms with Gasteiger partial charge in [-0.1, -0.05) is 43.1 Å². The van der Waals surface area contributed by atoms with E-state index < -0.39 is 0 Å². The van der Waals surface area contributed by atoms with Crippen molar-refractivity contribution in [3.8, 4) is 11.6 Å². The number of aromatic nitrogens is 1. The van der Waals surface area contributed by atoms with Gasteiger partial charge in [-0.25, -0.2) is 4.98 Å². The molecule has 0 amide bonds. The van der Waals surface area contributed by atoms with Crippen LogP contribution in [-0.2, 0) is 6.54 Å². The molecule has 1 heterocycles. The molecule has 0 aliphatic carbocycles. The molecule has 2 N–H and O–H groups in total. The standard InChI is InChI=1S/C15H16Cl2N2O/c1-9(2)12-6-10(8-18)7-14(19-12)20-13-5-3-4-11(16)15(13)17/h3-7,9H,8,18H2,1-2H3. The highest BCUT2D eigenvalue weighted by Crippen LogP contribution is 2.34. The Balaban J connectivity index is 2.37. The number of ether oxygens (including phenoxy) is 1. The Morgan fingerprint density at radius 1 is 1.25 bits per heavy atom. The van der Waals surface area contributed by atoms with Crippen LogP contribution in [0.5, 0.6) is 11.6 Å². The molecular formula is C15H16Cl2N2O. The molecule has 0 aliphatic rings. The lowest BCUT2D eigenvalue weighted by Gasteiger charge is -2.12. The summed E-state index contributed by atoms with van der Waals surface area (Å²) in [5, 5.41) is 0.823. The Bertz CT molecular complexity index is 615. The number of rotatable bonds is 4. The lowest BCUT2D eigenvalue weighted by atomic mass is 10.1. The largest absolute Gasteiger partial charge is 0.437 e. The van der Waals surface area contributed by atoms with E-state index in [4.69, 9.17) is 33.7 Å². The molecule has 0 spiro atoms. The molecule has 0 fully saturated rings. The van der Waals surface area contributed by atoms with Crippen molar-refractivity contribution in [3.63, 3.8) is 0 Å². The smallest absolute Gasteiger partial charge is 0.219 e. The Kier molecular flexibility index (Phi) is 4.86. The highest BCUT2D eigenvalue weighted by Gasteiger charge is 2.10. The van der Waals surface area contributed by atoms with E-state index in [0.29, 0.717) is 34.1 Å². The number of nitrogens with two attached hydrogens (primary N) is 1. The highest BCUT2D eigenvalue weighted by molar-refractivity contribution is 6.42. The van der Waals surface area contributed by atoms with Crippen LogP contribution in [-0.4, -0.2) is 4.98 Å². The van der Waals surface area contributed by atoms with E-state index in [1.165, 1.54) is 0 Å². The van der Waals surface area contributed by atoms with Crippen molar-refractivity contribution in [2.45, 2.75) is 26.3 Å². The molecule has 3 nitrogen and oxygen atoms in total. The maximum absolute atomic E-state index is 6.11. The minimum Gasteiger partial charge on any atom is -0.437 e. The summed E-state index contributed by atoms with van der Waals surface area (Å²) in [6, 6.07) is 9.03. The van der Waals surface area contributed by atoms with E-state index in [2.05, 4.69) is 18.8 Å². The lowest BCUT2D eigenvalue weighted by Crippen LogP contribution is -2.02. The molecule has 2 rings (SSSR count). The summed E-state index contributed by atoms with van der Waals surface area (Å²) in [6.45, 7) is 4.57. The Labute approximate surface area is 128 Å². The van der Waals surface area contributed by atoms with Gasteiger partial charge in [-0.2, -0.15) is 0 Å². The van der Waals surface area contributed by atoms with E-state index in [9.17, 15) is 0 Å². The van der Waals surface area contributed by atoms with Gasteiger partial charge in [0.05, 0.1) is 5.02 Å². The van der Waals surface area contributed by atoms with Gasteiger partial charge in [0.15, 0.2) is 0 Å². The molecular weight excluding hydrogens is 295 g/mol. The van der Waals surface area contributed by atoms with Crippen LogP contribution in [0, 0.1) is 0 Å². The molecule has 2 aromatic rings. The summed E-state index contributed by atoms with van der Waals surface area (Å²) in [4.78, 5) is 4.47. The van der Waals surface area contributed by atoms with E-state index in [0.717, 1.165) is 11.3 Å². The van der Waals surface area contributed by atoms with E-state index in [1.807, 2.05) is 12.1 Å². The third-order valence-electron chi connectivity index (χ3n) is 2.84. The van der Waals surface area contributed by atoms with Gasteiger partial charge in [0.1, 0.15) is 10.8 Å². The molecule has 1 aromatic carbocycles. The minimum atomic E-state index is 0.290. The second kappa shape index (κ2) is 6.44. The number of benzene rings is 1. The fourth-order valence-corrected chi connectivity index (χ4v) is 2.05. The SMILES string of the molecule is CC(C)c1cc(CN)cc(Oc2cccc(Cl)c2Cl)n1. The van der Waals surface area contributed by atoms with Gasteiger partial charge in [-0.3, -0.25) is 0 Å². The maximum Gasteiger partial charge on any atom is 0.219 e. The average Bonchev–Trinajstić information content (AvgIpc) is 2.43. The first kappa shape index (κ1) is 15.1. The Hall–Kier alpha value is -1.29. The Morgan fingerprint density at radius 3 is 2.65 bits per heavy atom. The summed E-state index contributed by atoms with van der Waals surface area (Å²) in [5.41, 5.74) is 7.61. The molecule has 0 atom stereocenters. The first-order valence-electron chi connectivity index (χ1n) is 6.34. The monoisotopic (exact) mass is 310 g/mol. The summed E-state index contributed by atoms with van der Waals surface area (Å²) in [6.07, 6.45) is 0. The van der Waals surface area contributed by atoms with Gasteiger partial charge in [0.2, 0.25) is 5.88 Å². The molecule has 5 heteroatoms. The number of hydrogen-bond donors (Lipinski definition) is 1. The maximum atomic E-state index is 6.11. The van der Waals surface area contributed by atoms with E-state index >= 15 is 0 Å². The van der Waals surface area contributed by atoms with Crippen LogP contribution >= 0.6 is 23.2 Å². The summed E-state index contributed by atoms with van der Waals surface area (Å²) < 4.78 is 5.74. The molecule has 1 aromatic heterocycles. The van der Waals surface area contributed by atoms with Crippen molar-refractivity contribution in [3.05, 3.63) is 51.6 Å². The third kappa shape index (κ3) is 3.42. The summed E-state index contributed by atoms with van der Waals surface area (Å²) in [7, 11) is 0. The molecule has 0 aliphatic heterocycles. The zero-order valence-electron chi connectivity index (χ0n) is 11.4. The predicted molar refractivity (Wildman–Crippen MR) is 82.8 cm³/mol. The highest BCUT2D eigenvalue weighted by atomic mass is 35.5. The van der Waals surface area contributed by atoms with Crippen LogP contribution in [0.25, 0.3) is 0 Å². The zero-order valence-corrected chi connectivity index (χ0v) is 12.9. The van der Waals surface area contributed by atoms with Crippen LogP contribution in [0.15, 0.2) is 30.3 Å². The minimum absolute atomic E-state index is 0.290. The van der Waals surface area contributed by atoms with Crippen molar-refractivity contribution < 1.29 is 4.74 Å². The molecule has 106 valence electrons. The number of pyridine rings is 1. The first-order valence-corrected chi connectivity index (χ1v) is 7.09. The number of nitrogens with zero attached hydrogens (tertiary/aromatic N) is 1. The van der Waals surface area contributed by atoms with Gasteiger partial charge in [-0.15, -0.1) is 0 Å². The van der Waals surface area contributed by atoms with Crippen LogP contribution < -0.4 is 10.5 Å². The van der Waals surface area contributed by atoms with Crippen molar-refractivity contribution in [2.75, 3.05) is 0 Å². The third-order valence-corrected chi connectivity index (χ3v) is 3.64. The van der Waals surface area contributed by atoms with Crippen LogP contribution in [0.1, 0.15) is 31.0 Å². The topological polar surface area (TPSA) is 48.1 Å². The van der Waals surface area contributed by atoms with Crippen molar-refractivity contribution in [1.29, 1.82) is 0 Å². The zero-order chi connectivity index (χ0) is 14.7. The van der Waals surface area contributed by atoms with E-state index in [1.54, 1.807) is 18.2 Å². The summed E-state index contributed by atoms with van der Waals surface area (Å²) in [5.74, 6) is 1.25. The molecule has 0 saturated heterocycles. The van der Waals surface area contributed by atoms with Gasteiger partial charge >= 0.3 is 0 Å². The lowest BCUT2D eigenvalue weighted by molar-refractivity contribution is 0.459. The van der Waals surface area contributed by atoms with Crippen LogP contribution in [0.2, 0.25) is 10.0 Å². The molecule has 20 heavy (non-hydrogen) atoms. The van der Waals surface area contributed by atoms with Gasteiger partial charge in [0, 0.05) is 18.3 Å². The van der Waals surface area contributed by atoms with Gasteiger partial charge in [0.25, 0.3) is 0 Å². The fraction of sp³-hybridized carbons (Fsp3) is 0.267. The second-order valence-electron chi connectivity index (χ2n) is 4.75. The van der Waals surface area contributed by atoms with Gasteiger partial charge in [-0.05, 0) is 29.7 Å². The number of halogens is 2. The van der Waals surface area contributed by atoms with Crippen molar-refractivity contribution in [1.82, 2.24) is 4.98 Å². The van der Waals surface area contributed by atoms with Crippen molar-refractivity contribution >= 4 is 23.2 Å². The normalized spacial score (nSPS) is 10.9. The summed E-state index contributed by atoms with van der Waals surface area (Å²) >= 11 is 12.1. The predicted octanol–water partition coefficient (Wildman–Crippen LogP) is 4.76. The second-order valence-corrected chi connectivity index (χ2v) is 5.54. The molecule has 0 unspecified atom stereocenters. The van der Waals surface area contributed by atoms with Gasteiger partial charge < -0.3 is 10.5 Å². The number of hydrogen-bond acceptors (Lipinski definition) is 3. The first-order chi connectivity index (χ1) is 9.51. The van der Waals surface area contributed by atoms with Crippen molar-refractivity contribution in [2.24, 2.45) is 5.73 Å². The van der Waals surface area contributed by atoms with Crippen LogP contribution in [0.3, 0.4) is 0 Å². The quantitative estimate of drug-likeness (QED) is 0.885. The molecule has 0 radical (unpaired) electrons. The fourth-order valence-electron chi connectivity index (χ4n) is 1.72. The Morgan fingerprint density at radius 2 is 2.00 bits per heavy atom. The average molecular weight is 311 g/mol. The van der Waals surface area contributed by atoms with Crippen LogP contribution in [0.4, 0.5) is 0 Å². The van der Waals surface area contributed by atoms with E-state index in [-0.39, 0.29) is 0 Å². The molecule has 0 saturated carbocycles. The molecule has 0 bridgehead atoms.